The summed E-state index contributed by atoms with van der Waals surface area (Å²) in [6.07, 6.45) is 86.9. The number of carbonyl (C=O) groups is 3. The van der Waals surface area contributed by atoms with Crippen LogP contribution in [-0.2, 0) is 28.6 Å². The molecule has 0 heterocycles. The summed E-state index contributed by atoms with van der Waals surface area (Å²) in [7, 11) is 0. The lowest BCUT2D eigenvalue weighted by Gasteiger charge is -2.18. The van der Waals surface area contributed by atoms with E-state index in [2.05, 4.69) is 32.9 Å². The van der Waals surface area contributed by atoms with Gasteiger partial charge in [-0.3, -0.25) is 14.4 Å². The van der Waals surface area contributed by atoms with E-state index in [1.54, 1.807) is 0 Å². The first-order valence-electron chi connectivity index (χ1n) is 37.7. The molecule has 0 aromatic heterocycles. The standard InChI is InChI=1S/C76H146O6/c1-4-7-10-13-16-19-22-25-28-30-32-33-34-35-36-37-38-39-40-41-42-44-45-48-51-54-57-60-63-66-69-75(78)81-72-73(71-80-74(77)68-65-62-59-56-53-50-47-27-24-21-18-15-12-9-6-3)82-76(79)70-67-64-61-58-55-52-49-46-43-31-29-26-23-20-17-14-11-8-5-2/h26,29,73H,4-25,27-28,30-72H2,1-3H3/b29-26-. The van der Waals surface area contributed by atoms with Gasteiger partial charge in [-0.2, -0.15) is 0 Å². The molecule has 0 spiro atoms. The van der Waals surface area contributed by atoms with Gasteiger partial charge >= 0.3 is 17.9 Å². The Kier molecular flexibility index (Phi) is 70.0. The Labute approximate surface area is 513 Å². The molecule has 1 unspecified atom stereocenters. The van der Waals surface area contributed by atoms with E-state index in [-0.39, 0.29) is 31.1 Å². The van der Waals surface area contributed by atoms with Gasteiger partial charge in [-0.1, -0.05) is 386 Å². The lowest BCUT2D eigenvalue weighted by Crippen LogP contribution is -2.30. The fourth-order valence-corrected chi connectivity index (χ4v) is 11.9. The second-order valence-corrected chi connectivity index (χ2v) is 25.9. The van der Waals surface area contributed by atoms with Gasteiger partial charge in [-0.05, 0) is 44.9 Å². The van der Waals surface area contributed by atoms with Crippen LogP contribution in [0.1, 0.15) is 438 Å². The first-order chi connectivity index (χ1) is 40.5. The molecule has 6 heteroatoms. The molecule has 0 N–H and O–H groups in total. The maximum absolute atomic E-state index is 13.0. The Morgan fingerprint density at radius 3 is 0.610 bits per heavy atom. The molecule has 0 aromatic carbocycles. The number of ether oxygens (including phenoxy) is 3. The topological polar surface area (TPSA) is 78.9 Å². The summed E-state index contributed by atoms with van der Waals surface area (Å²) in [5, 5.41) is 0. The van der Waals surface area contributed by atoms with E-state index < -0.39 is 6.10 Å². The van der Waals surface area contributed by atoms with E-state index in [4.69, 9.17) is 14.2 Å². The zero-order chi connectivity index (χ0) is 59.2. The normalized spacial score (nSPS) is 12.0. The number of carbonyl (C=O) groups excluding carboxylic acids is 3. The molecule has 0 aliphatic carbocycles. The highest BCUT2D eigenvalue weighted by molar-refractivity contribution is 5.71. The van der Waals surface area contributed by atoms with Crippen LogP contribution in [0.15, 0.2) is 12.2 Å². The predicted octanol–water partition coefficient (Wildman–Crippen LogP) is 26.0. The number of unbranched alkanes of at least 4 members (excludes halogenated alkanes) is 58. The van der Waals surface area contributed by atoms with E-state index in [1.807, 2.05) is 0 Å². The summed E-state index contributed by atoms with van der Waals surface area (Å²) < 4.78 is 17.0. The van der Waals surface area contributed by atoms with Crippen LogP contribution in [0.25, 0.3) is 0 Å². The highest BCUT2D eigenvalue weighted by atomic mass is 16.6. The van der Waals surface area contributed by atoms with Crippen molar-refractivity contribution in [2.75, 3.05) is 13.2 Å². The van der Waals surface area contributed by atoms with Crippen LogP contribution in [-0.4, -0.2) is 37.2 Å². The first-order valence-corrected chi connectivity index (χ1v) is 37.7. The lowest BCUT2D eigenvalue weighted by atomic mass is 10.0. The van der Waals surface area contributed by atoms with E-state index in [0.29, 0.717) is 19.3 Å². The molecule has 82 heavy (non-hydrogen) atoms. The quantitative estimate of drug-likeness (QED) is 0.0261. The number of esters is 3. The zero-order valence-corrected chi connectivity index (χ0v) is 56.1. The van der Waals surface area contributed by atoms with E-state index in [0.717, 1.165) is 57.8 Å². The van der Waals surface area contributed by atoms with Gasteiger partial charge in [-0.25, -0.2) is 0 Å². The van der Waals surface area contributed by atoms with E-state index in [9.17, 15) is 14.4 Å². The van der Waals surface area contributed by atoms with Crippen LogP contribution in [0, 0.1) is 0 Å². The minimum Gasteiger partial charge on any atom is -0.462 e. The van der Waals surface area contributed by atoms with Gasteiger partial charge in [0, 0.05) is 19.3 Å². The van der Waals surface area contributed by atoms with Crippen molar-refractivity contribution in [1.82, 2.24) is 0 Å². The van der Waals surface area contributed by atoms with Crippen molar-refractivity contribution in [3.05, 3.63) is 12.2 Å². The summed E-state index contributed by atoms with van der Waals surface area (Å²) in [4.78, 5) is 38.5. The molecule has 0 saturated heterocycles. The third-order valence-corrected chi connectivity index (χ3v) is 17.5. The van der Waals surface area contributed by atoms with Gasteiger partial charge in [0.2, 0.25) is 0 Å². The highest BCUT2D eigenvalue weighted by Gasteiger charge is 2.20. The Balaban J connectivity index is 4.16. The minimum atomic E-state index is -0.768. The molecule has 0 rings (SSSR count). The summed E-state index contributed by atoms with van der Waals surface area (Å²) in [5.74, 6) is -0.827. The predicted molar refractivity (Wildman–Crippen MR) is 358 cm³/mol. The maximum Gasteiger partial charge on any atom is 0.306 e. The first kappa shape index (κ1) is 80.2. The molecule has 0 saturated carbocycles. The Bertz CT molecular complexity index is 1280. The SMILES string of the molecule is CCCCCCCC/C=C\CCCCCCCCCCCC(=O)OC(COC(=O)CCCCCCCCCCCCCCCCC)COC(=O)CCCCCCCCCCCCCCCCCCCCCCCCCCCCCCCC. The number of hydrogen-bond acceptors (Lipinski definition) is 6. The fraction of sp³-hybridized carbons (Fsp3) is 0.934. The van der Waals surface area contributed by atoms with Crippen molar-refractivity contribution in [3.63, 3.8) is 0 Å². The Morgan fingerprint density at radius 1 is 0.232 bits per heavy atom. The van der Waals surface area contributed by atoms with Crippen LogP contribution >= 0.6 is 0 Å². The lowest BCUT2D eigenvalue weighted by molar-refractivity contribution is -0.167. The molecule has 0 fully saturated rings. The van der Waals surface area contributed by atoms with Crippen LogP contribution in [0.4, 0.5) is 0 Å². The highest BCUT2D eigenvalue weighted by Crippen LogP contribution is 2.20. The third-order valence-electron chi connectivity index (χ3n) is 17.5. The molecule has 0 radical (unpaired) electrons. The fourth-order valence-electron chi connectivity index (χ4n) is 11.9. The average molecular weight is 1160 g/mol. The molecule has 6 nitrogen and oxygen atoms in total. The number of allylic oxidation sites excluding steroid dienone is 2. The van der Waals surface area contributed by atoms with Gasteiger partial charge in [0.1, 0.15) is 13.2 Å². The smallest absolute Gasteiger partial charge is 0.306 e. The summed E-state index contributed by atoms with van der Waals surface area (Å²) >= 11 is 0. The van der Waals surface area contributed by atoms with Crippen LogP contribution in [0.5, 0.6) is 0 Å². The van der Waals surface area contributed by atoms with Crippen molar-refractivity contribution in [2.45, 2.75) is 444 Å². The molecular weight excluding hydrogens is 1010 g/mol. The van der Waals surface area contributed by atoms with Crippen molar-refractivity contribution >= 4 is 17.9 Å². The third kappa shape index (κ3) is 68.9. The van der Waals surface area contributed by atoms with Crippen molar-refractivity contribution in [1.29, 1.82) is 0 Å². The molecule has 486 valence electrons. The Morgan fingerprint density at radius 2 is 0.402 bits per heavy atom. The van der Waals surface area contributed by atoms with Crippen molar-refractivity contribution in [3.8, 4) is 0 Å². The van der Waals surface area contributed by atoms with Crippen LogP contribution < -0.4 is 0 Å². The van der Waals surface area contributed by atoms with Gasteiger partial charge in [-0.15, -0.1) is 0 Å². The molecule has 0 aliphatic heterocycles. The second-order valence-electron chi connectivity index (χ2n) is 25.9. The molecule has 0 aromatic rings. The molecule has 0 amide bonds. The van der Waals surface area contributed by atoms with Crippen molar-refractivity contribution in [2.24, 2.45) is 0 Å². The molecule has 0 bridgehead atoms. The summed E-state index contributed by atoms with van der Waals surface area (Å²) in [6.45, 7) is 6.73. The largest absolute Gasteiger partial charge is 0.462 e. The van der Waals surface area contributed by atoms with Gasteiger partial charge in [0.05, 0.1) is 0 Å². The monoisotopic (exact) mass is 1160 g/mol. The molecular formula is C76H146O6. The van der Waals surface area contributed by atoms with Gasteiger partial charge in [0.25, 0.3) is 0 Å². The molecule has 1 atom stereocenters. The van der Waals surface area contributed by atoms with E-state index in [1.165, 1.54) is 340 Å². The summed E-state index contributed by atoms with van der Waals surface area (Å²) in [6, 6.07) is 0. The number of rotatable bonds is 71. The number of hydrogen-bond donors (Lipinski definition) is 0. The van der Waals surface area contributed by atoms with Crippen molar-refractivity contribution < 1.29 is 28.6 Å². The average Bonchev–Trinajstić information content (AvgIpc) is 3.47. The minimum absolute atomic E-state index is 0.0636. The van der Waals surface area contributed by atoms with E-state index >= 15 is 0 Å². The zero-order valence-electron chi connectivity index (χ0n) is 56.1. The van der Waals surface area contributed by atoms with Gasteiger partial charge < -0.3 is 14.2 Å². The van der Waals surface area contributed by atoms with Crippen LogP contribution in [0.3, 0.4) is 0 Å². The molecule has 0 aliphatic rings. The maximum atomic E-state index is 13.0. The van der Waals surface area contributed by atoms with Gasteiger partial charge in [0.15, 0.2) is 6.10 Å². The van der Waals surface area contributed by atoms with Crippen LogP contribution in [0.2, 0.25) is 0 Å². The second kappa shape index (κ2) is 71.6. The Hall–Kier alpha value is -1.85. The summed E-state index contributed by atoms with van der Waals surface area (Å²) in [5.41, 5.74) is 0.